The van der Waals surface area contributed by atoms with Gasteiger partial charge in [0.2, 0.25) is 0 Å². The fourth-order valence-corrected chi connectivity index (χ4v) is 5.10. The highest BCUT2D eigenvalue weighted by Gasteiger charge is 2.22. The second-order valence-electron chi connectivity index (χ2n) is 8.63. The molecule has 136 valence electrons. The summed E-state index contributed by atoms with van der Waals surface area (Å²) in [6.07, 6.45) is 15.9. The first kappa shape index (κ1) is 18.5. The standard InChI is InChI=1S/C24H35N/c1-2-3-19-4-6-20(7-5-19)8-9-21-10-14-23(15-11-21)24-16-12-22(18-25)13-17-24/h10-11,14-15,19-20,22,24H,2-9,12-13,16-17H2,1H3. The van der Waals surface area contributed by atoms with E-state index in [0.29, 0.717) is 11.8 Å². The molecule has 1 nitrogen and oxygen atoms in total. The second kappa shape index (κ2) is 9.42. The summed E-state index contributed by atoms with van der Waals surface area (Å²) in [5.41, 5.74) is 3.02. The summed E-state index contributed by atoms with van der Waals surface area (Å²) in [4.78, 5) is 0. The lowest BCUT2D eigenvalue weighted by atomic mass is 9.77. The van der Waals surface area contributed by atoms with Crippen LogP contribution in [0.4, 0.5) is 0 Å². The summed E-state index contributed by atoms with van der Waals surface area (Å²) in [7, 11) is 0. The van der Waals surface area contributed by atoms with Crippen molar-refractivity contribution in [3.63, 3.8) is 0 Å². The highest BCUT2D eigenvalue weighted by molar-refractivity contribution is 5.26. The normalized spacial score (nSPS) is 29.9. The van der Waals surface area contributed by atoms with Crippen molar-refractivity contribution in [3.05, 3.63) is 35.4 Å². The van der Waals surface area contributed by atoms with E-state index in [2.05, 4.69) is 37.3 Å². The minimum atomic E-state index is 0.308. The first-order valence-corrected chi connectivity index (χ1v) is 10.8. The molecule has 0 saturated heterocycles. The van der Waals surface area contributed by atoms with Crippen LogP contribution < -0.4 is 0 Å². The van der Waals surface area contributed by atoms with E-state index in [1.165, 1.54) is 75.3 Å². The maximum Gasteiger partial charge on any atom is 0.0655 e. The Balaban J connectivity index is 1.42. The summed E-state index contributed by atoms with van der Waals surface area (Å²) in [5, 5.41) is 9.04. The Kier molecular flexibility index (Phi) is 6.97. The molecule has 1 heteroatoms. The molecule has 0 spiro atoms. The number of hydrogen-bond acceptors (Lipinski definition) is 1. The van der Waals surface area contributed by atoms with Crippen LogP contribution in [-0.4, -0.2) is 0 Å². The van der Waals surface area contributed by atoms with E-state index >= 15 is 0 Å². The zero-order chi connectivity index (χ0) is 17.5. The van der Waals surface area contributed by atoms with Crippen molar-refractivity contribution in [2.45, 2.75) is 89.9 Å². The molecule has 1 aromatic carbocycles. The Morgan fingerprint density at radius 3 is 2.00 bits per heavy atom. The number of aryl methyl sites for hydroxylation is 1. The van der Waals surface area contributed by atoms with Crippen LogP contribution in [0.25, 0.3) is 0 Å². The van der Waals surface area contributed by atoms with Crippen LogP contribution in [0.15, 0.2) is 24.3 Å². The van der Waals surface area contributed by atoms with Crippen LogP contribution in [0.2, 0.25) is 0 Å². The van der Waals surface area contributed by atoms with Gasteiger partial charge in [-0.05, 0) is 67.4 Å². The molecule has 2 saturated carbocycles. The number of hydrogen-bond donors (Lipinski definition) is 0. The Morgan fingerprint density at radius 2 is 1.44 bits per heavy atom. The topological polar surface area (TPSA) is 23.8 Å². The molecule has 0 heterocycles. The lowest BCUT2D eigenvalue weighted by Crippen LogP contribution is -2.15. The third kappa shape index (κ3) is 5.34. The Morgan fingerprint density at radius 1 is 0.840 bits per heavy atom. The van der Waals surface area contributed by atoms with Crippen LogP contribution in [0.3, 0.4) is 0 Å². The third-order valence-corrected chi connectivity index (χ3v) is 6.87. The van der Waals surface area contributed by atoms with Gasteiger partial charge in [0.05, 0.1) is 6.07 Å². The fraction of sp³-hybridized carbons (Fsp3) is 0.708. The van der Waals surface area contributed by atoms with Crippen LogP contribution in [0, 0.1) is 29.1 Å². The van der Waals surface area contributed by atoms with E-state index in [0.717, 1.165) is 24.7 Å². The molecular formula is C24H35N. The van der Waals surface area contributed by atoms with Crippen molar-refractivity contribution in [3.8, 4) is 6.07 Å². The Hall–Kier alpha value is -1.29. The number of rotatable bonds is 6. The highest BCUT2D eigenvalue weighted by atomic mass is 14.3. The van der Waals surface area contributed by atoms with Gasteiger partial charge in [0.1, 0.15) is 0 Å². The van der Waals surface area contributed by atoms with Gasteiger partial charge >= 0.3 is 0 Å². The van der Waals surface area contributed by atoms with Crippen LogP contribution in [0.5, 0.6) is 0 Å². The quantitative estimate of drug-likeness (QED) is 0.547. The second-order valence-corrected chi connectivity index (χ2v) is 8.63. The van der Waals surface area contributed by atoms with Crippen molar-refractivity contribution in [1.29, 1.82) is 5.26 Å². The summed E-state index contributed by atoms with van der Waals surface area (Å²) in [5.74, 6) is 2.99. The predicted octanol–water partition coefficient (Wildman–Crippen LogP) is 7.02. The molecule has 0 atom stereocenters. The van der Waals surface area contributed by atoms with Crippen molar-refractivity contribution < 1.29 is 0 Å². The molecule has 0 bridgehead atoms. The third-order valence-electron chi connectivity index (χ3n) is 6.87. The maximum atomic E-state index is 9.04. The first-order chi connectivity index (χ1) is 12.3. The molecule has 2 aliphatic rings. The SMILES string of the molecule is CCCC1CCC(CCc2ccc(C3CCC(C#N)CC3)cc2)CC1. The van der Waals surface area contributed by atoms with Gasteiger partial charge < -0.3 is 0 Å². The van der Waals surface area contributed by atoms with Crippen molar-refractivity contribution in [2.75, 3.05) is 0 Å². The monoisotopic (exact) mass is 337 g/mol. The fourth-order valence-electron chi connectivity index (χ4n) is 5.10. The van der Waals surface area contributed by atoms with E-state index in [4.69, 9.17) is 5.26 Å². The molecule has 3 rings (SSSR count). The van der Waals surface area contributed by atoms with E-state index in [-0.39, 0.29) is 0 Å². The molecule has 0 aliphatic heterocycles. The summed E-state index contributed by atoms with van der Waals surface area (Å²) in [6, 6.07) is 11.9. The van der Waals surface area contributed by atoms with Crippen LogP contribution >= 0.6 is 0 Å². The largest absolute Gasteiger partial charge is 0.198 e. The van der Waals surface area contributed by atoms with Gasteiger partial charge in [0, 0.05) is 5.92 Å². The zero-order valence-corrected chi connectivity index (χ0v) is 16.1. The van der Waals surface area contributed by atoms with Gasteiger partial charge in [-0.1, -0.05) is 69.7 Å². The smallest absolute Gasteiger partial charge is 0.0655 e. The number of nitrogens with zero attached hydrogens (tertiary/aromatic N) is 1. The van der Waals surface area contributed by atoms with Gasteiger partial charge in [0.15, 0.2) is 0 Å². The molecule has 1 aromatic rings. The van der Waals surface area contributed by atoms with Crippen LogP contribution in [0.1, 0.15) is 94.6 Å². The number of nitriles is 1. The lowest BCUT2D eigenvalue weighted by molar-refractivity contribution is 0.252. The maximum absolute atomic E-state index is 9.04. The summed E-state index contributed by atoms with van der Waals surface area (Å²) >= 11 is 0. The number of benzene rings is 1. The molecule has 25 heavy (non-hydrogen) atoms. The summed E-state index contributed by atoms with van der Waals surface area (Å²) in [6.45, 7) is 2.32. The summed E-state index contributed by atoms with van der Waals surface area (Å²) < 4.78 is 0. The van der Waals surface area contributed by atoms with Crippen molar-refractivity contribution in [1.82, 2.24) is 0 Å². The molecule has 0 amide bonds. The molecule has 0 aromatic heterocycles. The zero-order valence-electron chi connectivity index (χ0n) is 16.1. The van der Waals surface area contributed by atoms with Gasteiger partial charge in [-0.25, -0.2) is 0 Å². The Bertz CT molecular complexity index is 536. The van der Waals surface area contributed by atoms with Gasteiger partial charge in [0.25, 0.3) is 0 Å². The first-order valence-electron chi connectivity index (χ1n) is 10.8. The van der Waals surface area contributed by atoms with E-state index in [9.17, 15) is 0 Å². The van der Waals surface area contributed by atoms with E-state index < -0.39 is 0 Å². The molecular weight excluding hydrogens is 302 g/mol. The molecule has 0 N–H and O–H groups in total. The van der Waals surface area contributed by atoms with Crippen LogP contribution in [-0.2, 0) is 6.42 Å². The van der Waals surface area contributed by atoms with E-state index in [1.807, 2.05) is 0 Å². The average molecular weight is 338 g/mol. The lowest BCUT2D eigenvalue weighted by Gasteiger charge is -2.28. The van der Waals surface area contributed by atoms with Gasteiger partial charge in [-0.2, -0.15) is 5.26 Å². The molecule has 2 aliphatic carbocycles. The average Bonchev–Trinajstić information content (AvgIpc) is 2.68. The minimum Gasteiger partial charge on any atom is -0.198 e. The Labute approximate surface area is 154 Å². The highest BCUT2D eigenvalue weighted by Crippen LogP contribution is 2.36. The molecule has 2 fully saturated rings. The predicted molar refractivity (Wildman–Crippen MR) is 105 cm³/mol. The minimum absolute atomic E-state index is 0.308. The van der Waals surface area contributed by atoms with Gasteiger partial charge in [-0.3, -0.25) is 0 Å². The molecule has 0 unspecified atom stereocenters. The molecule has 0 radical (unpaired) electrons. The van der Waals surface area contributed by atoms with Gasteiger partial charge in [-0.15, -0.1) is 0 Å². The van der Waals surface area contributed by atoms with Crippen molar-refractivity contribution >= 4 is 0 Å². The van der Waals surface area contributed by atoms with E-state index in [1.54, 1.807) is 0 Å². The van der Waals surface area contributed by atoms with Crippen molar-refractivity contribution in [2.24, 2.45) is 17.8 Å².